The first-order valence-corrected chi connectivity index (χ1v) is 8.26. The highest BCUT2D eigenvalue weighted by molar-refractivity contribution is 5.71. The fourth-order valence-corrected chi connectivity index (χ4v) is 3.88. The minimum Gasteiger partial charge on any atom is -0.480 e. The highest BCUT2D eigenvalue weighted by Gasteiger charge is 2.50. The lowest BCUT2D eigenvalue weighted by Gasteiger charge is -2.42. The molecular formula is C16H24N4O4. The van der Waals surface area contributed by atoms with Gasteiger partial charge in [0.1, 0.15) is 6.54 Å². The number of nitrogens with one attached hydrogen (secondary N) is 1. The molecule has 2 heterocycles. The van der Waals surface area contributed by atoms with E-state index in [1.54, 1.807) is 19.5 Å². The second-order valence-electron chi connectivity index (χ2n) is 6.60. The van der Waals surface area contributed by atoms with E-state index in [9.17, 15) is 9.90 Å². The molecule has 0 bridgehead atoms. The maximum Gasteiger partial charge on any atom is 0.322 e. The lowest BCUT2D eigenvalue weighted by molar-refractivity contribution is -0.134. The van der Waals surface area contributed by atoms with E-state index in [1.165, 1.54) is 0 Å². The minimum atomic E-state index is -0.952. The topological polar surface area (TPSA) is 108 Å². The lowest BCUT2D eigenvalue weighted by atomic mass is 9.79. The average Bonchev–Trinajstić information content (AvgIpc) is 2.93. The van der Waals surface area contributed by atoms with E-state index in [0.29, 0.717) is 12.5 Å². The number of rotatable bonds is 6. The molecule has 3 rings (SSSR count). The summed E-state index contributed by atoms with van der Waals surface area (Å²) in [6.45, 7) is 1.41. The number of aromatic nitrogens is 2. The number of carbonyl (C=O) groups is 1. The van der Waals surface area contributed by atoms with Gasteiger partial charge in [-0.1, -0.05) is 0 Å². The highest BCUT2D eigenvalue weighted by atomic mass is 16.5. The zero-order chi connectivity index (χ0) is 17.2. The summed E-state index contributed by atoms with van der Waals surface area (Å²) < 4.78 is 5.84. The van der Waals surface area contributed by atoms with Gasteiger partial charge in [0.15, 0.2) is 0 Å². The van der Waals surface area contributed by atoms with Gasteiger partial charge in [-0.05, 0) is 25.7 Å². The van der Waals surface area contributed by atoms with Crippen LogP contribution in [0.1, 0.15) is 31.2 Å². The summed E-state index contributed by atoms with van der Waals surface area (Å²) in [6, 6.07) is 0.205. The summed E-state index contributed by atoms with van der Waals surface area (Å²) in [5, 5.41) is 21.3. The number of fused-ring (bicyclic) bond motifs is 1. The maximum absolute atomic E-state index is 10.5. The zero-order valence-electron chi connectivity index (χ0n) is 13.8. The molecule has 2 fully saturated rings. The van der Waals surface area contributed by atoms with Crippen molar-refractivity contribution < 1.29 is 19.7 Å². The summed E-state index contributed by atoms with van der Waals surface area (Å²) in [4.78, 5) is 21.2. The van der Waals surface area contributed by atoms with Crippen LogP contribution in [-0.4, -0.2) is 69.0 Å². The maximum atomic E-state index is 10.5. The molecule has 8 heteroatoms. The summed E-state index contributed by atoms with van der Waals surface area (Å²) in [5.74, 6) is -0.645. The number of carboxylic acids is 1. The van der Waals surface area contributed by atoms with Crippen molar-refractivity contribution >= 4 is 11.9 Å². The number of carboxylic acid groups (broad SMARTS) is 1. The van der Waals surface area contributed by atoms with Gasteiger partial charge in [-0.2, -0.15) is 0 Å². The Bertz CT molecular complexity index is 582. The van der Waals surface area contributed by atoms with Crippen molar-refractivity contribution in [2.75, 3.05) is 25.5 Å². The number of likely N-dealkylation sites (tertiary alicyclic amines) is 1. The van der Waals surface area contributed by atoms with Crippen molar-refractivity contribution in [3.8, 4) is 0 Å². The van der Waals surface area contributed by atoms with Crippen LogP contribution in [0.5, 0.6) is 0 Å². The van der Waals surface area contributed by atoms with Gasteiger partial charge in [-0.15, -0.1) is 0 Å². The van der Waals surface area contributed by atoms with Crippen LogP contribution >= 0.6 is 0 Å². The van der Waals surface area contributed by atoms with Gasteiger partial charge in [0.25, 0.3) is 0 Å². The van der Waals surface area contributed by atoms with Gasteiger partial charge >= 0.3 is 5.97 Å². The molecule has 2 aliphatic rings. The van der Waals surface area contributed by atoms with E-state index in [0.717, 1.165) is 37.8 Å². The summed E-state index contributed by atoms with van der Waals surface area (Å²) in [6.07, 6.45) is 6.54. The van der Waals surface area contributed by atoms with E-state index in [2.05, 4.69) is 20.2 Å². The van der Waals surface area contributed by atoms with E-state index in [4.69, 9.17) is 9.84 Å². The number of aliphatic hydroxyl groups is 1. The lowest BCUT2D eigenvalue weighted by Crippen LogP contribution is -2.51. The Morgan fingerprint density at radius 3 is 2.88 bits per heavy atom. The summed E-state index contributed by atoms with van der Waals surface area (Å²) in [7, 11) is 1.76. The van der Waals surface area contributed by atoms with E-state index < -0.39 is 5.97 Å². The number of ether oxygens (including phenoxy) is 1. The first kappa shape index (κ1) is 17.1. The molecule has 1 aliphatic heterocycles. The molecule has 1 saturated carbocycles. The molecule has 132 valence electrons. The fraction of sp³-hybridized carbons (Fsp3) is 0.688. The van der Waals surface area contributed by atoms with Crippen molar-refractivity contribution in [1.82, 2.24) is 14.9 Å². The standard InChI is InChI=1S/C16H24N4O4/c1-24-16-3-2-12(21)6-13(16)20(5-4-16)10-11-7-17-15(18-8-11)19-9-14(22)23/h7-8,12-13,21H,2-6,9-10H2,1H3,(H,22,23)(H,17,18,19)/t12-,13+,16-/m1/s1. The number of aliphatic carboxylic acids is 1. The van der Waals surface area contributed by atoms with Gasteiger partial charge in [0.2, 0.25) is 5.95 Å². The molecule has 1 aromatic heterocycles. The average molecular weight is 336 g/mol. The first-order chi connectivity index (χ1) is 11.5. The van der Waals surface area contributed by atoms with Crippen molar-refractivity contribution in [1.29, 1.82) is 0 Å². The van der Waals surface area contributed by atoms with Crippen LogP contribution in [0.2, 0.25) is 0 Å². The van der Waals surface area contributed by atoms with Crippen LogP contribution < -0.4 is 5.32 Å². The van der Waals surface area contributed by atoms with Gasteiger partial charge in [0.05, 0.1) is 11.7 Å². The van der Waals surface area contributed by atoms with E-state index in [1.807, 2.05) is 0 Å². The smallest absolute Gasteiger partial charge is 0.322 e. The highest BCUT2D eigenvalue weighted by Crippen LogP contribution is 2.42. The molecule has 1 aromatic rings. The Hall–Kier alpha value is -1.77. The Morgan fingerprint density at radius 1 is 1.46 bits per heavy atom. The van der Waals surface area contributed by atoms with Crippen molar-refractivity contribution in [2.45, 2.75) is 50.0 Å². The van der Waals surface area contributed by atoms with Crippen LogP contribution in [0.4, 0.5) is 5.95 Å². The van der Waals surface area contributed by atoms with E-state index >= 15 is 0 Å². The summed E-state index contributed by atoms with van der Waals surface area (Å²) >= 11 is 0. The fourth-order valence-electron chi connectivity index (χ4n) is 3.88. The second-order valence-corrected chi connectivity index (χ2v) is 6.60. The Morgan fingerprint density at radius 2 is 2.21 bits per heavy atom. The molecule has 8 nitrogen and oxygen atoms in total. The minimum absolute atomic E-state index is 0.150. The Kier molecular flexibility index (Phi) is 4.98. The molecule has 0 radical (unpaired) electrons. The number of hydrogen-bond acceptors (Lipinski definition) is 7. The van der Waals surface area contributed by atoms with Crippen LogP contribution in [0.15, 0.2) is 12.4 Å². The molecule has 0 amide bonds. The number of methoxy groups -OCH3 is 1. The Labute approximate surface area is 140 Å². The zero-order valence-corrected chi connectivity index (χ0v) is 13.8. The number of nitrogens with zero attached hydrogens (tertiary/aromatic N) is 3. The SMILES string of the molecule is CO[C@@]12CC[C@@H](O)C[C@@H]1N(Cc1cnc(NCC(=O)O)nc1)CC2. The van der Waals surface area contributed by atoms with Crippen molar-refractivity contribution in [2.24, 2.45) is 0 Å². The molecule has 3 atom stereocenters. The third kappa shape index (κ3) is 3.50. The molecule has 0 unspecified atom stereocenters. The van der Waals surface area contributed by atoms with E-state index in [-0.39, 0.29) is 24.3 Å². The molecule has 24 heavy (non-hydrogen) atoms. The molecule has 3 N–H and O–H groups in total. The van der Waals surface area contributed by atoms with Crippen molar-refractivity contribution in [3.63, 3.8) is 0 Å². The molecular weight excluding hydrogens is 312 g/mol. The first-order valence-electron chi connectivity index (χ1n) is 8.26. The third-order valence-electron chi connectivity index (χ3n) is 5.16. The number of anilines is 1. The van der Waals surface area contributed by atoms with Gasteiger partial charge < -0.3 is 20.3 Å². The van der Waals surface area contributed by atoms with Gasteiger partial charge in [-0.3, -0.25) is 9.69 Å². The van der Waals surface area contributed by atoms with Crippen LogP contribution in [0.3, 0.4) is 0 Å². The molecule has 0 aromatic carbocycles. The summed E-state index contributed by atoms with van der Waals surface area (Å²) in [5.41, 5.74) is 0.811. The second kappa shape index (κ2) is 7.00. The predicted molar refractivity (Wildman–Crippen MR) is 86.6 cm³/mol. The number of hydrogen-bond donors (Lipinski definition) is 3. The predicted octanol–water partition coefficient (Wildman–Crippen LogP) is 0.477. The molecule has 1 aliphatic carbocycles. The normalized spacial score (nSPS) is 30.1. The van der Waals surface area contributed by atoms with Crippen LogP contribution in [0, 0.1) is 0 Å². The quantitative estimate of drug-likeness (QED) is 0.688. The molecule has 1 saturated heterocycles. The Balaban J connectivity index is 1.64. The largest absolute Gasteiger partial charge is 0.480 e. The van der Waals surface area contributed by atoms with Crippen molar-refractivity contribution in [3.05, 3.63) is 18.0 Å². The van der Waals surface area contributed by atoms with Gasteiger partial charge in [0, 0.05) is 44.2 Å². The number of aliphatic hydroxyl groups excluding tert-OH is 1. The van der Waals surface area contributed by atoms with Crippen LogP contribution in [0.25, 0.3) is 0 Å². The molecule has 0 spiro atoms. The van der Waals surface area contributed by atoms with Crippen LogP contribution in [-0.2, 0) is 16.1 Å². The monoisotopic (exact) mass is 336 g/mol. The van der Waals surface area contributed by atoms with Gasteiger partial charge in [-0.25, -0.2) is 9.97 Å². The third-order valence-corrected chi connectivity index (χ3v) is 5.16.